The predicted octanol–water partition coefficient (Wildman–Crippen LogP) is 2.73. The summed E-state index contributed by atoms with van der Waals surface area (Å²) in [6.45, 7) is 1.06. The first kappa shape index (κ1) is 18.8. The van der Waals surface area contributed by atoms with Gasteiger partial charge in [0.2, 0.25) is 11.8 Å². The number of ether oxygens (including phenoxy) is 2. The van der Waals surface area contributed by atoms with Crippen molar-refractivity contribution in [3.05, 3.63) is 54.1 Å². The van der Waals surface area contributed by atoms with E-state index in [1.54, 1.807) is 30.2 Å². The number of nitrogens with zero attached hydrogens (tertiary/aromatic N) is 1. The summed E-state index contributed by atoms with van der Waals surface area (Å²) in [6.07, 6.45) is 1.02. The van der Waals surface area contributed by atoms with Crippen molar-refractivity contribution >= 4 is 17.5 Å². The molecule has 6 heteroatoms. The van der Waals surface area contributed by atoms with Crippen LogP contribution in [0.15, 0.2) is 48.5 Å². The maximum atomic E-state index is 12.6. The molecule has 2 aromatic carbocycles. The topological polar surface area (TPSA) is 67.9 Å². The van der Waals surface area contributed by atoms with Crippen LogP contribution >= 0.6 is 0 Å². The van der Waals surface area contributed by atoms with Crippen molar-refractivity contribution in [2.45, 2.75) is 12.8 Å². The Balaban J connectivity index is 1.59. The quantitative estimate of drug-likeness (QED) is 0.816. The van der Waals surface area contributed by atoms with Crippen LogP contribution in [-0.2, 0) is 16.0 Å². The molecule has 0 unspecified atom stereocenters. The molecular formula is C21H24N2O4. The Morgan fingerprint density at radius 3 is 2.63 bits per heavy atom. The van der Waals surface area contributed by atoms with Crippen molar-refractivity contribution in [1.29, 1.82) is 0 Å². The molecule has 27 heavy (non-hydrogen) atoms. The molecule has 0 bridgehead atoms. The molecule has 0 radical (unpaired) electrons. The first-order valence-corrected chi connectivity index (χ1v) is 8.95. The molecule has 2 aromatic rings. The summed E-state index contributed by atoms with van der Waals surface area (Å²) in [7, 11) is 3.11. The zero-order chi connectivity index (χ0) is 19.2. The summed E-state index contributed by atoms with van der Waals surface area (Å²) in [6, 6.07) is 15.2. The van der Waals surface area contributed by atoms with Crippen LogP contribution < -0.4 is 14.8 Å². The Labute approximate surface area is 159 Å². The second-order valence-corrected chi connectivity index (χ2v) is 6.53. The average molecular weight is 368 g/mol. The van der Waals surface area contributed by atoms with E-state index in [0.29, 0.717) is 30.3 Å². The molecule has 1 aliphatic heterocycles. The van der Waals surface area contributed by atoms with Crippen LogP contribution in [0.5, 0.6) is 11.5 Å². The molecule has 142 valence electrons. The highest BCUT2D eigenvalue weighted by Gasteiger charge is 2.34. The number of rotatable bonds is 7. The van der Waals surface area contributed by atoms with E-state index in [1.165, 1.54) is 12.7 Å². The number of likely N-dealkylation sites (tertiary alicyclic amines) is 1. The van der Waals surface area contributed by atoms with Crippen LogP contribution in [0.4, 0.5) is 5.69 Å². The summed E-state index contributed by atoms with van der Waals surface area (Å²) < 4.78 is 10.5. The van der Waals surface area contributed by atoms with Gasteiger partial charge in [0, 0.05) is 25.6 Å². The fourth-order valence-electron chi connectivity index (χ4n) is 3.21. The maximum Gasteiger partial charge on any atom is 0.229 e. The molecule has 0 aliphatic carbocycles. The molecular weight excluding hydrogens is 344 g/mol. The number of methoxy groups -OCH3 is 2. The van der Waals surface area contributed by atoms with Crippen molar-refractivity contribution in [2.24, 2.45) is 5.92 Å². The second kappa shape index (κ2) is 8.58. The minimum absolute atomic E-state index is 0.0211. The van der Waals surface area contributed by atoms with Gasteiger partial charge in [0.15, 0.2) is 0 Å². The summed E-state index contributed by atoms with van der Waals surface area (Å²) >= 11 is 0. The Kier molecular flexibility index (Phi) is 5.96. The molecule has 3 rings (SSSR count). The van der Waals surface area contributed by atoms with Gasteiger partial charge in [-0.1, -0.05) is 30.3 Å². The number of nitrogens with one attached hydrogen (secondary N) is 1. The fourth-order valence-corrected chi connectivity index (χ4v) is 3.21. The van der Waals surface area contributed by atoms with Crippen molar-refractivity contribution in [1.82, 2.24) is 4.90 Å². The molecule has 1 atom stereocenters. The van der Waals surface area contributed by atoms with E-state index in [-0.39, 0.29) is 24.2 Å². The molecule has 1 aliphatic rings. The molecule has 0 aromatic heterocycles. The Morgan fingerprint density at radius 1 is 1.15 bits per heavy atom. The minimum atomic E-state index is -0.361. The molecule has 6 nitrogen and oxygen atoms in total. The third-order valence-corrected chi connectivity index (χ3v) is 4.77. The average Bonchev–Trinajstić information content (AvgIpc) is 3.08. The van der Waals surface area contributed by atoms with Crippen LogP contribution in [0, 0.1) is 5.92 Å². The van der Waals surface area contributed by atoms with Gasteiger partial charge >= 0.3 is 0 Å². The van der Waals surface area contributed by atoms with E-state index in [4.69, 9.17) is 9.47 Å². The summed E-state index contributed by atoms with van der Waals surface area (Å²) in [5.41, 5.74) is 1.75. The van der Waals surface area contributed by atoms with Gasteiger partial charge < -0.3 is 19.7 Å². The van der Waals surface area contributed by atoms with E-state index in [0.717, 1.165) is 6.42 Å². The molecule has 1 N–H and O–H groups in total. The molecule has 1 fully saturated rings. The van der Waals surface area contributed by atoms with Crippen LogP contribution in [0.2, 0.25) is 0 Å². The summed E-state index contributed by atoms with van der Waals surface area (Å²) in [4.78, 5) is 26.7. The lowest BCUT2D eigenvalue weighted by atomic mass is 10.1. The number of anilines is 1. The SMILES string of the molecule is COc1ccc(NC(=O)[C@H]2CC(=O)N(CCc3ccccc3)C2)c(OC)c1. The summed E-state index contributed by atoms with van der Waals surface area (Å²) in [5.74, 6) is 0.655. The van der Waals surface area contributed by atoms with Crippen LogP contribution in [0.1, 0.15) is 12.0 Å². The molecule has 0 saturated carbocycles. The van der Waals surface area contributed by atoms with E-state index in [2.05, 4.69) is 5.32 Å². The molecule has 1 saturated heterocycles. The van der Waals surface area contributed by atoms with E-state index in [1.807, 2.05) is 30.3 Å². The fraction of sp³-hybridized carbons (Fsp3) is 0.333. The van der Waals surface area contributed by atoms with Gasteiger partial charge in [-0.05, 0) is 24.1 Å². The van der Waals surface area contributed by atoms with Gasteiger partial charge in [0.25, 0.3) is 0 Å². The smallest absolute Gasteiger partial charge is 0.229 e. The first-order chi connectivity index (χ1) is 13.1. The minimum Gasteiger partial charge on any atom is -0.497 e. The van der Waals surface area contributed by atoms with Crippen LogP contribution in [-0.4, -0.2) is 44.0 Å². The number of hydrogen-bond donors (Lipinski definition) is 1. The van der Waals surface area contributed by atoms with Gasteiger partial charge in [-0.25, -0.2) is 0 Å². The van der Waals surface area contributed by atoms with E-state index >= 15 is 0 Å². The van der Waals surface area contributed by atoms with E-state index in [9.17, 15) is 9.59 Å². The van der Waals surface area contributed by atoms with Crippen LogP contribution in [0.25, 0.3) is 0 Å². The van der Waals surface area contributed by atoms with Gasteiger partial charge in [0.1, 0.15) is 11.5 Å². The highest BCUT2D eigenvalue weighted by molar-refractivity contribution is 5.98. The van der Waals surface area contributed by atoms with Crippen molar-refractivity contribution in [2.75, 3.05) is 32.6 Å². The zero-order valence-electron chi connectivity index (χ0n) is 15.6. The Bertz CT molecular complexity index is 807. The number of carbonyl (C=O) groups excluding carboxylic acids is 2. The van der Waals surface area contributed by atoms with E-state index < -0.39 is 0 Å². The highest BCUT2D eigenvalue weighted by Crippen LogP contribution is 2.30. The molecule has 0 spiro atoms. The summed E-state index contributed by atoms with van der Waals surface area (Å²) in [5, 5.41) is 2.87. The number of amides is 2. The third kappa shape index (κ3) is 4.58. The highest BCUT2D eigenvalue weighted by atomic mass is 16.5. The molecule has 2 amide bonds. The van der Waals surface area contributed by atoms with Crippen LogP contribution in [0.3, 0.4) is 0 Å². The normalized spacial score (nSPS) is 16.3. The molecule has 1 heterocycles. The standard InChI is InChI=1S/C21H24N2O4/c1-26-17-8-9-18(19(13-17)27-2)22-21(25)16-12-20(24)23(14-16)11-10-15-6-4-3-5-7-15/h3-9,13,16H,10-12,14H2,1-2H3,(H,22,25)/t16-/m0/s1. The lowest BCUT2D eigenvalue weighted by Crippen LogP contribution is -2.30. The van der Waals surface area contributed by atoms with Crippen molar-refractivity contribution in [3.8, 4) is 11.5 Å². The van der Waals surface area contributed by atoms with Gasteiger partial charge in [-0.15, -0.1) is 0 Å². The lowest BCUT2D eigenvalue weighted by Gasteiger charge is -2.17. The van der Waals surface area contributed by atoms with Gasteiger partial charge in [-0.3, -0.25) is 9.59 Å². The van der Waals surface area contributed by atoms with Crippen molar-refractivity contribution in [3.63, 3.8) is 0 Å². The Morgan fingerprint density at radius 2 is 1.93 bits per heavy atom. The zero-order valence-corrected chi connectivity index (χ0v) is 15.6. The second-order valence-electron chi connectivity index (χ2n) is 6.53. The number of hydrogen-bond acceptors (Lipinski definition) is 4. The van der Waals surface area contributed by atoms with Crippen molar-refractivity contribution < 1.29 is 19.1 Å². The lowest BCUT2D eigenvalue weighted by molar-refractivity contribution is -0.128. The largest absolute Gasteiger partial charge is 0.497 e. The predicted molar refractivity (Wildman–Crippen MR) is 103 cm³/mol. The third-order valence-electron chi connectivity index (χ3n) is 4.77. The monoisotopic (exact) mass is 368 g/mol. The van der Waals surface area contributed by atoms with Gasteiger partial charge in [-0.2, -0.15) is 0 Å². The van der Waals surface area contributed by atoms with Gasteiger partial charge in [0.05, 0.1) is 25.8 Å². The first-order valence-electron chi connectivity index (χ1n) is 8.95. The Hall–Kier alpha value is -3.02. The number of carbonyl (C=O) groups is 2. The maximum absolute atomic E-state index is 12.6. The number of benzene rings is 2.